The maximum Gasteiger partial charge on any atom is 0.000934 e. The lowest BCUT2D eigenvalue weighted by Gasteiger charge is -2.25. The fourth-order valence-corrected chi connectivity index (χ4v) is 2.12. The number of nitrogens with zero attached hydrogens (tertiary/aromatic N) is 1. The molecule has 0 saturated carbocycles. The van der Waals surface area contributed by atoms with Gasteiger partial charge in [-0.15, -0.1) is 0 Å². The van der Waals surface area contributed by atoms with E-state index in [9.17, 15) is 0 Å². The first-order chi connectivity index (χ1) is 7.78. The zero-order chi connectivity index (χ0) is 12.2. The summed E-state index contributed by atoms with van der Waals surface area (Å²) in [5.74, 6) is 0.893. The maximum absolute atomic E-state index is 5.49. The molecular formula is C14H32N2. The van der Waals surface area contributed by atoms with Gasteiger partial charge in [-0.25, -0.2) is 0 Å². The molecule has 0 spiro atoms. The second kappa shape index (κ2) is 11.4. The van der Waals surface area contributed by atoms with Gasteiger partial charge in [0.15, 0.2) is 0 Å². The third-order valence-electron chi connectivity index (χ3n) is 3.55. The summed E-state index contributed by atoms with van der Waals surface area (Å²) in [7, 11) is 0. The van der Waals surface area contributed by atoms with Crippen molar-refractivity contribution in [2.75, 3.05) is 26.2 Å². The molecule has 0 aromatic rings. The van der Waals surface area contributed by atoms with E-state index in [4.69, 9.17) is 5.73 Å². The van der Waals surface area contributed by atoms with Crippen molar-refractivity contribution in [3.8, 4) is 0 Å². The molecule has 0 rings (SSSR count). The second-order valence-electron chi connectivity index (χ2n) is 4.78. The van der Waals surface area contributed by atoms with Crippen LogP contribution in [0.2, 0.25) is 0 Å². The summed E-state index contributed by atoms with van der Waals surface area (Å²) in [6.07, 6.45) is 7.82. The van der Waals surface area contributed by atoms with E-state index in [2.05, 4.69) is 25.7 Å². The van der Waals surface area contributed by atoms with E-state index in [1.54, 1.807) is 0 Å². The van der Waals surface area contributed by atoms with E-state index >= 15 is 0 Å². The highest BCUT2D eigenvalue weighted by Gasteiger charge is 2.08. The van der Waals surface area contributed by atoms with Crippen molar-refractivity contribution in [2.24, 2.45) is 11.7 Å². The van der Waals surface area contributed by atoms with Crippen molar-refractivity contribution < 1.29 is 0 Å². The van der Waals surface area contributed by atoms with Crippen molar-refractivity contribution in [1.29, 1.82) is 0 Å². The number of nitrogens with two attached hydrogens (primary N) is 1. The molecule has 2 N–H and O–H groups in total. The monoisotopic (exact) mass is 228 g/mol. The molecule has 98 valence electrons. The Morgan fingerprint density at radius 3 is 2.06 bits per heavy atom. The van der Waals surface area contributed by atoms with E-state index in [-0.39, 0.29) is 0 Å². The minimum atomic E-state index is 0.852. The summed E-state index contributed by atoms with van der Waals surface area (Å²) in [4.78, 5) is 2.61. The summed E-state index contributed by atoms with van der Waals surface area (Å²) < 4.78 is 0. The van der Waals surface area contributed by atoms with Crippen LogP contribution in [-0.4, -0.2) is 31.1 Å². The minimum Gasteiger partial charge on any atom is -0.330 e. The lowest BCUT2D eigenvalue weighted by Crippen LogP contribution is -2.30. The largest absolute Gasteiger partial charge is 0.330 e. The van der Waals surface area contributed by atoms with Gasteiger partial charge in [0.05, 0.1) is 0 Å². The Morgan fingerprint density at radius 1 is 0.938 bits per heavy atom. The molecule has 2 nitrogen and oxygen atoms in total. The molecule has 0 bridgehead atoms. The predicted molar refractivity (Wildman–Crippen MR) is 73.7 cm³/mol. The molecule has 0 radical (unpaired) electrons. The summed E-state index contributed by atoms with van der Waals surface area (Å²) in [5, 5.41) is 0. The van der Waals surface area contributed by atoms with Crippen LogP contribution in [0.1, 0.15) is 59.3 Å². The molecule has 0 aromatic carbocycles. The van der Waals surface area contributed by atoms with Crippen LogP contribution in [0, 0.1) is 5.92 Å². The molecule has 0 heterocycles. The Bertz CT molecular complexity index is 133. The average molecular weight is 228 g/mol. The van der Waals surface area contributed by atoms with Crippen LogP contribution in [0.25, 0.3) is 0 Å². The molecule has 0 unspecified atom stereocenters. The Balaban J connectivity index is 3.57. The first kappa shape index (κ1) is 15.9. The van der Waals surface area contributed by atoms with Gasteiger partial charge in [0, 0.05) is 6.54 Å². The number of hydrogen-bond acceptors (Lipinski definition) is 2. The highest BCUT2D eigenvalue weighted by molar-refractivity contribution is 4.63. The van der Waals surface area contributed by atoms with Crippen LogP contribution in [0.15, 0.2) is 0 Å². The summed E-state index contributed by atoms with van der Waals surface area (Å²) in [5.41, 5.74) is 5.49. The van der Waals surface area contributed by atoms with Gasteiger partial charge in [0.2, 0.25) is 0 Å². The average Bonchev–Trinajstić information content (AvgIpc) is 2.33. The van der Waals surface area contributed by atoms with Gasteiger partial charge >= 0.3 is 0 Å². The zero-order valence-corrected chi connectivity index (χ0v) is 11.7. The Morgan fingerprint density at radius 2 is 1.56 bits per heavy atom. The van der Waals surface area contributed by atoms with Crippen LogP contribution in [0.4, 0.5) is 0 Å². The van der Waals surface area contributed by atoms with Gasteiger partial charge in [0.1, 0.15) is 0 Å². The lowest BCUT2D eigenvalue weighted by molar-refractivity contribution is 0.229. The molecule has 0 atom stereocenters. The number of hydrogen-bond donors (Lipinski definition) is 1. The van der Waals surface area contributed by atoms with Crippen molar-refractivity contribution in [2.45, 2.75) is 59.3 Å². The molecule has 0 aliphatic rings. The molecule has 0 aliphatic carbocycles. The first-order valence-electron chi connectivity index (χ1n) is 7.20. The third-order valence-corrected chi connectivity index (χ3v) is 3.55. The van der Waals surface area contributed by atoms with Crippen LogP contribution in [0.5, 0.6) is 0 Å². The smallest absolute Gasteiger partial charge is 0.000934 e. The van der Waals surface area contributed by atoms with Crippen LogP contribution >= 0.6 is 0 Å². The topological polar surface area (TPSA) is 29.3 Å². The Kier molecular flexibility index (Phi) is 11.3. The van der Waals surface area contributed by atoms with Crippen LogP contribution in [-0.2, 0) is 0 Å². The van der Waals surface area contributed by atoms with Gasteiger partial charge in [-0.05, 0) is 38.4 Å². The first-order valence-corrected chi connectivity index (χ1v) is 7.20. The molecule has 0 aliphatic heterocycles. The molecule has 0 amide bonds. The predicted octanol–water partition coefficient (Wildman–Crippen LogP) is 3.26. The van der Waals surface area contributed by atoms with Crippen molar-refractivity contribution in [3.63, 3.8) is 0 Å². The van der Waals surface area contributed by atoms with Crippen LogP contribution < -0.4 is 5.73 Å². The maximum atomic E-state index is 5.49. The molecule has 16 heavy (non-hydrogen) atoms. The normalized spacial score (nSPS) is 11.6. The minimum absolute atomic E-state index is 0.852. The SMILES string of the molecule is CCC(CC)CN(CC)CCCCCCN. The van der Waals surface area contributed by atoms with E-state index in [1.807, 2.05) is 0 Å². The van der Waals surface area contributed by atoms with Crippen LogP contribution in [0.3, 0.4) is 0 Å². The lowest BCUT2D eigenvalue weighted by atomic mass is 10.0. The Labute approximate surface area is 103 Å². The molecule has 0 saturated heterocycles. The van der Waals surface area contributed by atoms with Gasteiger partial charge in [0.25, 0.3) is 0 Å². The highest BCUT2D eigenvalue weighted by atomic mass is 15.1. The van der Waals surface area contributed by atoms with E-state index in [1.165, 1.54) is 58.2 Å². The van der Waals surface area contributed by atoms with E-state index < -0.39 is 0 Å². The highest BCUT2D eigenvalue weighted by Crippen LogP contribution is 2.10. The molecule has 0 aromatic heterocycles. The third kappa shape index (κ3) is 8.12. The molecule has 2 heteroatoms. The zero-order valence-electron chi connectivity index (χ0n) is 11.7. The van der Waals surface area contributed by atoms with E-state index in [0.29, 0.717) is 0 Å². The fraction of sp³-hybridized carbons (Fsp3) is 1.00. The van der Waals surface area contributed by atoms with Crippen molar-refractivity contribution in [1.82, 2.24) is 4.90 Å². The van der Waals surface area contributed by atoms with Gasteiger partial charge in [-0.1, -0.05) is 46.5 Å². The standard InChI is InChI=1S/C14H32N2/c1-4-14(5-2)13-16(6-3)12-10-8-7-9-11-15/h14H,4-13,15H2,1-3H3. The number of rotatable bonds is 11. The van der Waals surface area contributed by atoms with Gasteiger partial charge in [-0.3, -0.25) is 0 Å². The summed E-state index contributed by atoms with van der Waals surface area (Å²) in [6.45, 7) is 11.5. The fourth-order valence-electron chi connectivity index (χ4n) is 2.12. The summed E-state index contributed by atoms with van der Waals surface area (Å²) in [6, 6.07) is 0. The van der Waals surface area contributed by atoms with E-state index in [0.717, 1.165) is 12.5 Å². The molecule has 0 fully saturated rings. The van der Waals surface area contributed by atoms with Gasteiger partial charge in [-0.2, -0.15) is 0 Å². The summed E-state index contributed by atoms with van der Waals surface area (Å²) >= 11 is 0. The second-order valence-corrected chi connectivity index (χ2v) is 4.78. The molecular weight excluding hydrogens is 196 g/mol. The van der Waals surface area contributed by atoms with Crippen molar-refractivity contribution in [3.05, 3.63) is 0 Å². The van der Waals surface area contributed by atoms with Crippen molar-refractivity contribution >= 4 is 0 Å². The number of unbranched alkanes of at least 4 members (excludes halogenated alkanes) is 3. The Hall–Kier alpha value is -0.0800. The van der Waals surface area contributed by atoms with Gasteiger partial charge < -0.3 is 10.6 Å². The quantitative estimate of drug-likeness (QED) is 0.550.